The van der Waals surface area contributed by atoms with Gasteiger partial charge >= 0.3 is 0 Å². The normalized spacial score (nSPS) is 17.7. The average molecular weight is 391 g/mol. The number of amides is 1. The number of unbranched alkanes of at least 4 members (excludes halogenated alkanes) is 1. The number of nitrogens with two attached hydrogens (primary N) is 1. The number of benzene rings is 1. The number of rotatable bonds is 7. The van der Waals surface area contributed by atoms with Gasteiger partial charge in [0.15, 0.2) is 9.84 Å². The van der Waals surface area contributed by atoms with Gasteiger partial charge in [0.05, 0.1) is 11.5 Å². The first-order chi connectivity index (χ1) is 11.4. The summed E-state index contributed by atoms with van der Waals surface area (Å²) in [6, 6.07) is 6.48. The highest BCUT2D eigenvalue weighted by Crippen LogP contribution is 2.16. The van der Waals surface area contributed by atoms with Crippen molar-refractivity contribution in [2.45, 2.75) is 43.0 Å². The van der Waals surface area contributed by atoms with Crippen LogP contribution in [0.25, 0.3) is 0 Å². The van der Waals surface area contributed by atoms with Crippen LogP contribution >= 0.6 is 12.4 Å². The second-order valence-electron chi connectivity index (χ2n) is 6.29. The van der Waals surface area contributed by atoms with Gasteiger partial charge in [-0.3, -0.25) is 4.79 Å². The number of hydrogen-bond donors (Lipinski definition) is 1. The Morgan fingerprint density at radius 3 is 2.56 bits per heavy atom. The predicted molar refractivity (Wildman–Crippen MR) is 99.9 cm³/mol. The smallest absolute Gasteiger partial charge is 0.222 e. The van der Waals surface area contributed by atoms with Gasteiger partial charge in [-0.15, -0.1) is 12.4 Å². The summed E-state index contributed by atoms with van der Waals surface area (Å²) in [6.07, 6.45) is 5.22. The van der Waals surface area contributed by atoms with E-state index in [1.165, 1.54) is 18.4 Å². The summed E-state index contributed by atoms with van der Waals surface area (Å²) in [6.45, 7) is 1.99. The van der Waals surface area contributed by atoms with E-state index in [9.17, 15) is 13.2 Å². The summed E-state index contributed by atoms with van der Waals surface area (Å²) in [5, 5.41) is 0. The first kappa shape index (κ1) is 21.7. The van der Waals surface area contributed by atoms with E-state index < -0.39 is 9.84 Å². The Morgan fingerprint density at radius 1 is 1.28 bits per heavy atom. The highest BCUT2D eigenvalue weighted by atomic mass is 35.5. The Morgan fingerprint density at radius 2 is 1.96 bits per heavy atom. The Kier molecular flexibility index (Phi) is 8.68. The van der Waals surface area contributed by atoms with E-state index in [1.807, 2.05) is 4.90 Å². The lowest BCUT2D eigenvalue weighted by atomic mass is 10.1. The van der Waals surface area contributed by atoms with Gasteiger partial charge in [-0.2, -0.15) is 0 Å². The zero-order valence-corrected chi connectivity index (χ0v) is 16.2. The Labute approximate surface area is 156 Å². The van der Waals surface area contributed by atoms with E-state index in [-0.39, 0.29) is 29.3 Å². The van der Waals surface area contributed by atoms with Gasteiger partial charge in [-0.25, -0.2) is 8.42 Å². The summed E-state index contributed by atoms with van der Waals surface area (Å²) in [5.74, 6) is 0.804. The first-order valence-electron chi connectivity index (χ1n) is 8.32. The Balaban J connectivity index is 0.00000312. The highest BCUT2D eigenvalue weighted by molar-refractivity contribution is 7.90. The molecule has 1 aromatic carbocycles. The fourth-order valence-corrected chi connectivity index (χ4v) is 3.38. The number of hydrogen-bond acceptors (Lipinski definition) is 5. The van der Waals surface area contributed by atoms with Crippen molar-refractivity contribution in [2.24, 2.45) is 5.73 Å². The van der Waals surface area contributed by atoms with Gasteiger partial charge in [0.1, 0.15) is 5.75 Å². The van der Waals surface area contributed by atoms with Crippen molar-refractivity contribution in [2.75, 3.05) is 26.0 Å². The van der Waals surface area contributed by atoms with Crippen LogP contribution in [0, 0.1) is 0 Å². The summed E-state index contributed by atoms with van der Waals surface area (Å²) >= 11 is 0. The summed E-state index contributed by atoms with van der Waals surface area (Å²) in [4.78, 5) is 14.2. The lowest BCUT2D eigenvalue weighted by Crippen LogP contribution is -2.45. The van der Waals surface area contributed by atoms with Crippen LogP contribution in [0.2, 0.25) is 0 Å². The molecule has 1 aromatic rings. The van der Waals surface area contributed by atoms with Crippen molar-refractivity contribution < 1.29 is 17.9 Å². The molecule has 0 aliphatic carbocycles. The largest absolute Gasteiger partial charge is 0.494 e. The number of piperidine rings is 1. The molecule has 0 radical (unpaired) electrons. The molecule has 6 nitrogen and oxygen atoms in total. The van der Waals surface area contributed by atoms with Crippen molar-refractivity contribution in [3.8, 4) is 5.75 Å². The molecule has 1 fully saturated rings. The molecule has 1 saturated heterocycles. The SMILES string of the molecule is CS(=O)(=O)c1ccc(OCCCCC(=O)N2CCCC(N)C2)cc1.Cl. The number of halogens is 1. The maximum Gasteiger partial charge on any atom is 0.222 e. The molecule has 0 aromatic heterocycles. The van der Waals surface area contributed by atoms with Gasteiger partial charge in [0, 0.05) is 31.8 Å². The van der Waals surface area contributed by atoms with Crippen molar-refractivity contribution in [1.29, 1.82) is 0 Å². The van der Waals surface area contributed by atoms with E-state index in [4.69, 9.17) is 10.5 Å². The Bertz CT molecular complexity index is 649. The van der Waals surface area contributed by atoms with E-state index in [2.05, 4.69) is 0 Å². The lowest BCUT2D eigenvalue weighted by molar-refractivity contribution is -0.132. The summed E-state index contributed by atoms with van der Waals surface area (Å²) in [5.41, 5.74) is 5.89. The number of carbonyl (C=O) groups excluding carboxylic acids is 1. The number of sulfone groups is 1. The average Bonchev–Trinajstić information content (AvgIpc) is 2.54. The highest BCUT2D eigenvalue weighted by Gasteiger charge is 2.20. The van der Waals surface area contributed by atoms with Crippen molar-refractivity contribution in [3.05, 3.63) is 24.3 Å². The number of ether oxygens (including phenoxy) is 1. The molecule has 8 heteroatoms. The van der Waals surface area contributed by atoms with Crippen molar-refractivity contribution in [3.63, 3.8) is 0 Å². The monoisotopic (exact) mass is 390 g/mol. The lowest BCUT2D eigenvalue weighted by Gasteiger charge is -2.30. The van der Waals surface area contributed by atoms with Crippen LogP contribution in [0.4, 0.5) is 0 Å². The predicted octanol–water partition coefficient (Wildman–Crippen LogP) is 2.01. The molecule has 142 valence electrons. The standard InChI is InChI=1S/C17H26N2O4S.ClH/c1-24(21,22)16-9-7-15(8-10-16)23-12-3-2-6-17(20)19-11-4-5-14(18)13-19;/h7-10,14H,2-6,11-13,18H2,1H3;1H. The second kappa shape index (κ2) is 9.99. The quantitative estimate of drug-likeness (QED) is 0.719. The van der Waals surface area contributed by atoms with Crippen LogP contribution in [0.3, 0.4) is 0 Å². The van der Waals surface area contributed by atoms with Gasteiger partial charge in [0.25, 0.3) is 0 Å². The molecule has 25 heavy (non-hydrogen) atoms. The van der Waals surface area contributed by atoms with E-state index >= 15 is 0 Å². The van der Waals surface area contributed by atoms with Gasteiger partial charge < -0.3 is 15.4 Å². The molecule has 0 saturated carbocycles. The summed E-state index contributed by atoms with van der Waals surface area (Å²) < 4.78 is 28.3. The molecule has 1 heterocycles. The van der Waals surface area contributed by atoms with Crippen LogP contribution in [0.15, 0.2) is 29.2 Å². The van der Waals surface area contributed by atoms with Crippen molar-refractivity contribution >= 4 is 28.2 Å². The molecule has 0 spiro atoms. The zero-order chi connectivity index (χ0) is 17.6. The van der Waals surface area contributed by atoms with E-state index in [0.717, 1.165) is 32.2 Å². The minimum absolute atomic E-state index is 0. The van der Waals surface area contributed by atoms with Gasteiger partial charge in [-0.1, -0.05) is 0 Å². The molecule has 0 bridgehead atoms. The first-order valence-corrected chi connectivity index (χ1v) is 10.2. The molecular formula is C17H27ClN2O4S. The molecule has 2 N–H and O–H groups in total. The van der Waals surface area contributed by atoms with Crippen LogP contribution in [-0.4, -0.2) is 51.2 Å². The van der Waals surface area contributed by atoms with Crippen LogP contribution in [0.1, 0.15) is 32.1 Å². The number of nitrogens with zero attached hydrogens (tertiary/aromatic N) is 1. The second-order valence-corrected chi connectivity index (χ2v) is 8.31. The molecule has 1 amide bonds. The number of likely N-dealkylation sites (tertiary alicyclic amines) is 1. The third kappa shape index (κ3) is 7.22. The Hall–Kier alpha value is -1.31. The minimum Gasteiger partial charge on any atom is -0.494 e. The maximum atomic E-state index is 12.1. The molecular weight excluding hydrogens is 364 g/mol. The van der Waals surface area contributed by atoms with Gasteiger partial charge in [-0.05, 0) is 49.9 Å². The van der Waals surface area contributed by atoms with Crippen LogP contribution in [-0.2, 0) is 14.6 Å². The molecule has 1 aliphatic rings. The van der Waals surface area contributed by atoms with Crippen LogP contribution < -0.4 is 10.5 Å². The summed E-state index contributed by atoms with van der Waals surface area (Å²) in [7, 11) is -3.18. The number of carbonyl (C=O) groups is 1. The molecule has 1 unspecified atom stereocenters. The van der Waals surface area contributed by atoms with E-state index in [0.29, 0.717) is 25.3 Å². The fraction of sp³-hybridized carbons (Fsp3) is 0.588. The van der Waals surface area contributed by atoms with Crippen molar-refractivity contribution in [1.82, 2.24) is 4.90 Å². The third-order valence-electron chi connectivity index (χ3n) is 4.12. The fourth-order valence-electron chi connectivity index (χ4n) is 2.75. The molecule has 1 aliphatic heterocycles. The van der Waals surface area contributed by atoms with Gasteiger partial charge in [0.2, 0.25) is 5.91 Å². The zero-order valence-electron chi connectivity index (χ0n) is 14.5. The molecule has 1 atom stereocenters. The topological polar surface area (TPSA) is 89.7 Å². The van der Waals surface area contributed by atoms with E-state index in [1.54, 1.807) is 12.1 Å². The maximum absolute atomic E-state index is 12.1. The van der Waals surface area contributed by atoms with Crippen LogP contribution in [0.5, 0.6) is 5.75 Å². The third-order valence-corrected chi connectivity index (χ3v) is 5.24. The minimum atomic E-state index is -3.18. The molecule has 2 rings (SSSR count).